The SMILES string of the molecule is CCc1ccc(-c2nc(C3CCCCN3)no2)s1. The van der Waals surface area contributed by atoms with Crippen molar-refractivity contribution in [2.45, 2.75) is 38.6 Å². The van der Waals surface area contributed by atoms with E-state index in [4.69, 9.17) is 4.52 Å². The van der Waals surface area contributed by atoms with Crippen molar-refractivity contribution in [3.63, 3.8) is 0 Å². The van der Waals surface area contributed by atoms with Crippen LogP contribution in [-0.4, -0.2) is 16.7 Å². The van der Waals surface area contributed by atoms with Crippen molar-refractivity contribution in [3.8, 4) is 10.8 Å². The molecule has 2 aromatic heterocycles. The minimum atomic E-state index is 0.266. The summed E-state index contributed by atoms with van der Waals surface area (Å²) in [5, 5.41) is 7.54. The largest absolute Gasteiger partial charge is 0.333 e. The number of nitrogens with zero attached hydrogens (tertiary/aromatic N) is 2. The second-order valence-electron chi connectivity index (χ2n) is 4.58. The quantitative estimate of drug-likeness (QED) is 0.924. The molecule has 5 heteroatoms. The first-order valence-corrected chi connectivity index (χ1v) is 7.34. The van der Waals surface area contributed by atoms with Crippen LogP contribution in [0.25, 0.3) is 10.8 Å². The molecule has 0 bridgehead atoms. The fourth-order valence-corrected chi connectivity index (χ4v) is 3.10. The van der Waals surface area contributed by atoms with Gasteiger partial charge in [-0.15, -0.1) is 11.3 Å². The molecule has 1 aliphatic heterocycles. The van der Waals surface area contributed by atoms with Crippen molar-refractivity contribution < 1.29 is 4.52 Å². The molecule has 2 aromatic rings. The molecule has 1 unspecified atom stereocenters. The molecule has 4 nitrogen and oxygen atoms in total. The normalized spacial score (nSPS) is 20.2. The molecule has 1 aliphatic rings. The van der Waals surface area contributed by atoms with Crippen LogP contribution in [0.3, 0.4) is 0 Å². The number of rotatable bonds is 3. The Morgan fingerprint density at radius 2 is 2.39 bits per heavy atom. The molecule has 1 atom stereocenters. The Bertz CT molecular complexity index is 514. The summed E-state index contributed by atoms with van der Waals surface area (Å²) in [6.07, 6.45) is 4.63. The fraction of sp³-hybridized carbons (Fsp3) is 0.538. The predicted octanol–water partition coefficient (Wildman–Crippen LogP) is 3.18. The Labute approximate surface area is 110 Å². The third-order valence-electron chi connectivity index (χ3n) is 3.28. The van der Waals surface area contributed by atoms with Crippen molar-refractivity contribution in [2.75, 3.05) is 6.54 Å². The number of nitrogens with one attached hydrogen (secondary N) is 1. The molecule has 0 aromatic carbocycles. The molecule has 0 saturated carbocycles. The second-order valence-corrected chi connectivity index (χ2v) is 5.75. The number of aryl methyl sites for hydroxylation is 1. The summed E-state index contributed by atoms with van der Waals surface area (Å²) in [6, 6.07) is 4.46. The number of hydrogen-bond acceptors (Lipinski definition) is 5. The summed E-state index contributed by atoms with van der Waals surface area (Å²) in [5.74, 6) is 1.46. The average Bonchev–Trinajstić information content (AvgIpc) is 3.08. The van der Waals surface area contributed by atoms with Gasteiger partial charge in [0, 0.05) is 4.88 Å². The maximum Gasteiger partial charge on any atom is 0.268 e. The molecule has 0 radical (unpaired) electrons. The van der Waals surface area contributed by atoms with Crippen LogP contribution in [-0.2, 0) is 6.42 Å². The zero-order chi connectivity index (χ0) is 12.4. The highest BCUT2D eigenvalue weighted by atomic mass is 32.1. The zero-order valence-electron chi connectivity index (χ0n) is 10.5. The summed E-state index contributed by atoms with van der Waals surface area (Å²) in [7, 11) is 0. The fourth-order valence-electron chi connectivity index (χ4n) is 2.23. The lowest BCUT2D eigenvalue weighted by atomic mass is 10.0. The molecule has 3 heterocycles. The van der Waals surface area contributed by atoms with Gasteiger partial charge in [0.1, 0.15) is 0 Å². The smallest absolute Gasteiger partial charge is 0.268 e. The van der Waals surface area contributed by atoms with Crippen LogP contribution >= 0.6 is 11.3 Å². The highest BCUT2D eigenvalue weighted by Crippen LogP contribution is 2.29. The molecule has 0 aliphatic carbocycles. The van der Waals surface area contributed by atoms with Crippen LogP contribution in [0, 0.1) is 0 Å². The maximum absolute atomic E-state index is 5.37. The Kier molecular flexibility index (Phi) is 3.43. The predicted molar refractivity (Wildman–Crippen MR) is 71.6 cm³/mol. The van der Waals surface area contributed by atoms with Crippen LogP contribution in [0.4, 0.5) is 0 Å². The first kappa shape index (κ1) is 11.9. The summed E-state index contributed by atoms with van der Waals surface area (Å²) < 4.78 is 5.37. The zero-order valence-corrected chi connectivity index (χ0v) is 11.3. The second kappa shape index (κ2) is 5.20. The van der Waals surface area contributed by atoms with Crippen LogP contribution in [0.2, 0.25) is 0 Å². The van der Waals surface area contributed by atoms with Gasteiger partial charge in [0.15, 0.2) is 5.82 Å². The average molecular weight is 263 g/mol. The molecule has 3 rings (SSSR count). The highest BCUT2D eigenvalue weighted by Gasteiger charge is 2.21. The Morgan fingerprint density at radius 1 is 1.44 bits per heavy atom. The lowest BCUT2D eigenvalue weighted by Gasteiger charge is -2.19. The third kappa shape index (κ3) is 2.33. The standard InChI is InChI=1S/C13H17N3OS/c1-2-9-6-7-11(18-9)13-15-12(16-17-13)10-5-3-4-8-14-10/h6-7,10,14H,2-5,8H2,1H3. The topological polar surface area (TPSA) is 51.0 Å². The van der Waals surface area contributed by atoms with E-state index in [0.29, 0.717) is 5.89 Å². The molecule has 1 N–H and O–H groups in total. The minimum Gasteiger partial charge on any atom is -0.333 e. The monoisotopic (exact) mass is 263 g/mol. The van der Waals surface area contributed by atoms with Gasteiger partial charge in [0.05, 0.1) is 10.9 Å². The van der Waals surface area contributed by atoms with Gasteiger partial charge in [-0.3, -0.25) is 0 Å². The van der Waals surface area contributed by atoms with E-state index in [1.807, 2.05) is 0 Å². The minimum absolute atomic E-state index is 0.266. The van der Waals surface area contributed by atoms with E-state index in [0.717, 1.165) is 30.1 Å². The summed E-state index contributed by atoms with van der Waals surface area (Å²) in [6.45, 7) is 3.20. The van der Waals surface area contributed by atoms with Gasteiger partial charge >= 0.3 is 0 Å². The van der Waals surface area contributed by atoms with Gasteiger partial charge < -0.3 is 9.84 Å². The molecule has 18 heavy (non-hydrogen) atoms. The van der Waals surface area contributed by atoms with Crippen LogP contribution in [0.15, 0.2) is 16.7 Å². The number of piperidine rings is 1. The van der Waals surface area contributed by atoms with E-state index in [9.17, 15) is 0 Å². The van der Waals surface area contributed by atoms with Crippen LogP contribution in [0.5, 0.6) is 0 Å². The van der Waals surface area contributed by atoms with Gasteiger partial charge in [-0.25, -0.2) is 0 Å². The van der Waals surface area contributed by atoms with E-state index in [2.05, 4.69) is 34.5 Å². The lowest BCUT2D eigenvalue weighted by molar-refractivity contribution is 0.367. The number of thiophene rings is 1. The Balaban J connectivity index is 1.79. The first-order chi connectivity index (χ1) is 8.86. The van der Waals surface area contributed by atoms with Crippen molar-refractivity contribution in [1.29, 1.82) is 0 Å². The number of hydrogen-bond donors (Lipinski definition) is 1. The molecule has 96 valence electrons. The van der Waals surface area contributed by atoms with E-state index in [1.165, 1.54) is 17.7 Å². The van der Waals surface area contributed by atoms with E-state index in [-0.39, 0.29) is 6.04 Å². The molecular weight excluding hydrogens is 246 g/mol. The van der Waals surface area contributed by atoms with E-state index < -0.39 is 0 Å². The van der Waals surface area contributed by atoms with Crippen molar-refractivity contribution >= 4 is 11.3 Å². The van der Waals surface area contributed by atoms with Gasteiger partial charge in [-0.2, -0.15) is 4.98 Å². The Morgan fingerprint density at radius 3 is 3.11 bits per heavy atom. The summed E-state index contributed by atoms with van der Waals surface area (Å²) in [4.78, 5) is 6.94. The van der Waals surface area contributed by atoms with Crippen molar-refractivity contribution in [1.82, 2.24) is 15.5 Å². The summed E-state index contributed by atoms with van der Waals surface area (Å²) >= 11 is 1.73. The lowest BCUT2D eigenvalue weighted by Crippen LogP contribution is -2.27. The molecule has 0 spiro atoms. The van der Waals surface area contributed by atoms with Crippen LogP contribution < -0.4 is 5.32 Å². The maximum atomic E-state index is 5.37. The van der Waals surface area contributed by atoms with Gasteiger partial charge in [0.25, 0.3) is 5.89 Å². The molecule has 1 fully saturated rings. The Hall–Kier alpha value is -1.20. The first-order valence-electron chi connectivity index (χ1n) is 6.53. The van der Waals surface area contributed by atoms with Crippen molar-refractivity contribution in [2.24, 2.45) is 0 Å². The van der Waals surface area contributed by atoms with E-state index in [1.54, 1.807) is 11.3 Å². The number of aromatic nitrogens is 2. The third-order valence-corrected chi connectivity index (χ3v) is 4.50. The highest BCUT2D eigenvalue weighted by molar-refractivity contribution is 7.15. The van der Waals surface area contributed by atoms with E-state index >= 15 is 0 Å². The van der Waals surface area contributed by atoms with Crippen molar-refractivity contribution in [3.05, 3.63) is 22.8 Å². The molecular formula is C13H17N3OS. The summed E-state index contributed by atoms with van der Waals surface area (Å²) in [5.41, 5.74) is 0. The van der Waals surface area contributed by atoms with Gasteiger partial charge in [-0.1, -0.05) is 18.5 Å². The van der Waals surface area contributed by atoms with Crippen LogP contribution in [0.1, 0.15) is 42.9 Å². The molecule has 0 amide bonds. The van der Waals surface area contributed by atoms with Gasteiger partial charge in [-0.05, 0) is 37.9 Å². The van der Waals surface area contributed by atoms with Gasteiger partial charge in [0.2, 0.25) is 0 Å². The molecule has 1 saturated heterocycles.